The van der Waals surface area contributed by atoms with Crippen LogP contribution in [-0.2, 0) is 19.6 Å². The maximum atomic E-state index is 9.81. The average Bonchev–Trinajstić information content (AvgIpc) is 2.74. The Morgan fingerprint density at radius 3 is 2.05 bits per heavy atom. The predicted molar refractivity (Wildman–Crippen MR) is 80.7 cm³/mol. The van der Waals surface area contributed by atoms with Crippen LogP contribution in [-0.4, -0.2) is 27.0 Å². The fourth-order valence-electron chi connectivity index (χ4n) is 2.85. The van der Waals surface area contributed by atoms with Gasteiger partial charge in [-0.3, -0.25) is 0 Å². The molecule has 1 aliphatic carbocycles. The summed E-state index contributed by atoms with van der Waals surface area (Å²) in [5, 5.41) is 38.1. The van der Waals surface area contributed by atoms with Crippen molar-refractivity contribution in [1.82, 2.24) is 0 Å². The van der Waals surface area contributed by atoms with E-state index in [0.29, 0.717) is 6.42 Å². The van der Waals surface area contributed by atoms with Crippen LogP contribution < -0.4 is 0 Å². The van der Waals surface area contributed by atoms with Crippen LogP contribution in [0.3, 0.4) is 0 Å². The first-order valence-electron chi connectivity index (χ1n) is 7.05. The van der Waals surface area contributed by atoms with E-state index in [4.69, 9.17) is 0 Å². The standard InChI is InChI=1S/C17H22O4/c1-10-14(7-18)4-12(5-15(10)8-19)3-13-6-17(21)11(2)16(13)9-20/h4-6,16,18-21H,3,7-9H2,1-2H3. The van der Waals surface area contributed by atoms with Gasteiger partial charge in [0, 0.05) is 5.92 Å². The van der Waals surface area contributed by atoms with Crippen LogP contribution in [0, 0.1) is 12.8 Å². The molecule has 4 heteroatoms. The van der Waals surface area contributed by atoms with E-state index in [1.807, 2.05) is 26.0 Å². The van der Waals surface area contributed by atoms with Gasteiger partial charge in [0.05, 0.1) is 19.8 Å². The Bertz CT molecular complexity index is 574. The lowest BCUT2D eigenvalue weighted by Crippen LogP contribution is -2.10. The Hall–Kier alpha value is -1.62. The van der Waals surface area contributed by atoms with E-state index in [0.717, 1.165) is 33.4 Å². The van der Waals surface area contributed by atoms with E-state index in [1.165, 1.54) is 0 Å². The van der Waals surface area contributed by atoms with Crippen molar-refractivity contribution < 1.29 is 20.4 Å². The van der Waals surface area contributed by atoms with Gasteiger partial charge in [0.15, 0.2) is 0 Å². The highest BCUT2D eigenvalue weighted by molar-refractivity contribution is 5.43. The van der Waals surface area contributed by atoms with Crippen molar-refractivity contribution in [3.8, 4) is 0 Å². The number of aliphatic hydroxyl groups is 4. The number of rotatable bonds is 5. The summed E-state index contributed by atoms with van der Waals surface area (Å²) >= 11 is 0. The van der Waals surface area contributed by atoms with Crippen LogP contribution in [0.15, 0.2) is 35.1 Å². The molecule has 0 spiro atoms. The van der Waals surface area contributed by atoms with Crippen molar-refractivity contribution in [2.24, 2.45) is 5.92 Å². The zero-order chi connectivity index (χ0) is 15.6. The molecule has 0 saturated carbocycles. The van der Waals surface area contributed by atoms with Crippen LogP contribution in [0.4, 0.5) is 0 Å². The van der Waals surface area contributed by atoms with Crippen LogP contribution >= 0.6 is 0 Å². The van der Waals surface area contributed by atoms with Gasteiger partial charge in [0.1, 0.15) is 5.76 Å². The van der Waals surface area contributed by atoms with E-state index in [-0.39, 0.29) is 31.5 Å². The Morgan fingerprint density at radius 2 is 1.57 bits per heavy atom. The summed E-state index contributed by atoms with van der Waals surface area (Å²) in [7, 11) is 0. The normalized spacial score (nSPS) is 18.3. The van der Waals surface area contributed by atoms with E-state index in [9.17, 15) is 20.4 Å². The molecule has 21 heavy (non-hydrogen) atoms. The summed E-state index contributed by atoms with van der Waals surface area (Å²) in [5.74, 6) is 0.0716. The Balaban J connectivity index is 2.31. The first-order valence-corrected chi connectivity index (χ1v) is 7.05. The molecule has 0 amide bonds. The van der Waals surface area contributed by atoms with Crippen LogP contribution in [0.1, 0.15) is 29.2 Å². The fraction of sp³-hybridized carbons (Fsp3) is 0.412. The molecule has 0 saturated heterocycles. The molecule has 0 radical (unpaired) electrons. The first kappa shape index (κ1) is 15.8. The van der Waals surface area contributed by atoms with Gasteiger partial charge < -0.3 is 20.4 Å². The van der Waals surface area contributed by atoms with Gasteiger partial charge in [-0.1, -0.05) is 17.7 Å². The van der Waals surface area contributed by atoms with Gasteiger partial charge in [-0.05, 0) is 54.2 Å². The molecule has 2 rings (SSSR count). The number of aliphatic hydroxyl groups excluding tert-OH is 4. The average molecular weight is 290 g/mol. The molecule has 1 aromatic carbocycles. The maximum Gasteiger partial charge on any atom is 0.115 e. The molecule has 0 bridgehead atoms. The SMILES string of the molecule is CC1=C(O)C=C(Cc2cc(CO)c(C)c(CO)c2)C1CO. The summed E-state index contributed by atoms with van der Waals surface area (Å²) in [5.41, 5.74) is 5.18. The largest absolute Gasteiger partial charge is 0.508 e. The smallest absolute Gasteiger partial charge is 0.115 e. The van der Waals surface area contributed by atoms with Crippen LogP contribution in [0.25, 0.3) is 0 Å². The lowest BCUT2D eigenvalue weighted by atomic mass is 9.90. The number of allylic oxidation sites excluding steroid dienone is 1. The minimum atomic E-state index is -0.151. The van der Waals surface area contributed by atoms with E-state index < -0.39 is 0 Å². The van der Waals surface area contributed by atoms with Crippen molar-refractivity contribution in [3.05, 3.63) is 57.4 Å². The predicted octanol–water partition coefficient (Wildman–Crippen LogP) is 1.90. The third-order valence-electron chi connectivity index (χ3n) is 4.31. The summed E-state index contributed by atoms with van der Waals surface area (Å²) in [4.78, 5) is 0. The summed E-state index contributed by atoms with van der Waals surface area (Å²) < 4.78 is 0. The molecular weight excluding hydrogens is 268 g/mol. The van der Waals surface area contributed by atoms with Crippen molar-refractivity contribution in [2.75, 3.05) is 6.61 Å². The Kier molecular flexibility index (Phi) is 4.83. The second kappa shape index (κ2) is 6.43. The maximum absolute atomic E-state index is 9.81. The Morgan fingerprint density at radius 1 is 1.00 bits per heavy atom. The molecular formula is C17H22O4. The Labute approximate surface area is 124 Å². The van der Waals surface area contributed by atoms with Gasteiger partial charge in [0.25, 0.3) is 0 Å². The zero-order valence-corrected chi connectivity index (χ0v) is 12.4. The van der Waals surface area contributed by atoms with Gasteiger partial charge in [-0.25, -0.2) is 0 Å². The fourth-order valence-corrected chi connectivity index (χ4v) is 2.85. The first-order chi connectivity index (χ1) is 10.0. The van der Waals surface area contributed by atoms with Gasteiger partial charge in [-0.15, -0.1) is 0 Å². The molecule has 1 aliphatic rings. The van der Waals surface area contributed by atoms with Crippen molar-refractivity contribution in [2.45, 2.75) is 33.5 Å². The number of hydrogen-bond acceptors (Lipinski definition) is 4. The highest BCUT2D eigenvalue weighted by atomic mass is 16.3. The summed E-state index contributed by atoms with van der Waals surface area (Å²) in [6.07, 6.45) is 2.28. The minimum absolute atomic E-state index is 0.0344. The lowest BCUT2D eigenvalue weighted by molar-refractivity contribution is 0.261. The van der Waals surface area contributed by atoms with Gasteiger partial charge >= 0.3 is 0 Å². The zero-order valence-electron chi connectivity index (χ0n) is 12.4. The quantitative estimate of drug-likeness (QED) is 0.668. The molecule has 4 nitrogen and oxygen atoms in total. The van der Waals surface area contributed by atoms with Crippen molar-refractivity contribution in [1.29, 1.82) is 0 Å². The second-order valence-electron chi connectivity index (χ2n) is 5.55. The molecule has 1 aromatic rings. The summed E-state index contributed by atoms with van der Waals surface area (Å²) in [6.45, 7) is 3.51. The molecule has 4 N–H and O–H groups in total. The number of benzene rings is 1. The third-order valence-corrected chi connectivity index (χ3v) is 4.31. The second-order valence-corrected chi connectivity index (χ2v) is 5.55. The molecule has 114 valence electrons. The van der Waals surface area contributed by atoms with E-state index in [2.05, 4.69) is 0 Å². The highest BCUT2D eigenvalue weighted by Gasteiger charge is 2.24. The van der Waals surface area contributed by atoms with Gasteiger partial charge in [-0.2, -0.15) is 0 Å². The van der Waals surface area contributed by atoms with Crippen LogP contribution in [0.5, 0.6) is 0 Å². The highest BCUT2D eigenvalue weighted by Crippen LogP contribution is 2.33. The molecule has 0 fully saturated rings. The topological polar surface area (TPSA) is 80.9 Å². The molecule has 1 unspecified atom stereocenters. The molecule has 0 aliphatic heterocycles. The monoisotopic (exact) mass is 290 g/mol. The van der Waals surface area contributed by atoms with E-state index >= 15 is 0 Å². The summed E-state index contributed by atoms with van der Waals surface area (Å²) in [6, 6.07) is 3.82. The molecule has 0 aromatic heterocycles. The minimum Gasteiger partial charge on any atom is -0.508 e. The van der Waals surface area contributed by atoms with Gasteiger partial charge in [0.2, 0.25) is 0 Å². The van der Waals surface area contributed by atoms with Crippen LogP contribution in [0.2, 0.25) is 0 Å². The van der Waals surface area contributed by atoms with Crippen molar-refractivity contribution >= 4 is 0 Å². The number of hydrogen-bond donors (Lipinski definition) is 4. The molecule has 1 atom stereocenters. The third kappa shape index (κ3) is 3.02. The van der Waals surface area contributed by atoms with E-state index in [1.54, 1.807) is 6.08 Å². The lowest BCUT2D eigenvalue weighted by Gasteiger charge is -2.16. The van der Waals surface area contributed by atoms with Crippen molar-refractivity contribution in [3.63, 3.8) is 0 Å². The molecule has 0 heterocycles.